The minimum absolute atomic E-state index is 0.352. The predicted octanol–water partition coefficient (Wildman–Crippen LogP) is 5.79. The molecular formula is C22H39NO. The molecule has 0 spiro atoms. The van der Waals surface area contributed by atoms with Crippen molar-refractivity contribution in [3.8, 4) is 0 Å². The fourth-order valence-corrected chi connectivity index (χ4v) is 5.42. The minimum Gasteiger partial charge on any atom is -0.311 e. The van der Waals surface area contributed by atoms with Crippen LogP contribution >= 0.6 is 0 Å². The summed E-state index contributed by atoms with van der Waals surface area (Å²) in [4.78, 5) is 13.3. The summed E-state index contributed by atoms with van der Waals surface area (Å²) in [6, 6.07) is 1.27. The smallest absolute Gasteiger partial charge is 0.139 e. The second kappa shape index (κ2) is 9.94. The van der Waals surface area contributed by atoms with E-state index in [0.717, 1.165) is 19.3 Å². The van der Waals surface area contributed by atoms with E-state index in [-0.39, 0.29) is 0 Å². The van der Waals surface area contributed by atoms with Gasteiger partial charge >= 0.3 is 0 Å². The topological polar surface area (TPSA) is 29.1 Å². The van der Waals surface area contributed by atoms with Gasteiger partial charge in [0, 0.05) is 23.9 Å². The average Bonchev–Trinajstić information content (AvgIpc) is 2.62. The van der Waals surface area contributed by atoms with E-state index in [2.05, 4.69) is 5.32 Å². The van der Waals surface area contributed by atoms with E-state index in [9.17, 15) is 4.79 Å². The zero-order valence-corrected chi connectivity index (χ0v) is 15.7. The van der Waals surface area contributed by atoms with Gasteiger partial charge in [-0.15, -0.1) is 0 Å². The highest BCUT2D eigenvalue weighted by atomic mass is 16.1. The van der Waals surface area contributed by atoms with Gasteiger partial charge in [-0.2, -0.15) is 0 Å². The van der Waals surface area contributed by atoms with Gasteiger partial charge in [-0.1, -0.05) is 64.2 Å². The van der Waals surface area contributed by atoms with E-state index < -0.39 is 0 Å². The van der Waals surface area contributed by atoms with Gasteiger partial charge in [0.1, 0.15) is 5.78 Å². The number of hydrogen-bond acceptors (Lipinski definition) is 2. The van der Waals surface area contributed by atoms with Crippen LogP contribution in [0.3, 0.4) is 0 Å². The van der Waals surface area contributed by atoms with Crippen LogP contribution < -0.4 is 5.32 Å². The van der Waals surface area contributed by atoms with Crippen molar-refractivity contribution < 1.29 is 4.79 Å². The van der Waals surface area contributed by atoms with Gasteiger partial charge < -0.3 is 5.32 Å². The van der Waals surface area contributed by atoms with E-state index in [1.807, 2.05) is 0 Å². The van der Waals surface area contributed by atoms with Crippen LogP contribution in [0.15, 0.2) is 0 Å². The lowest BCUT2D eigenvalue weighted by molar-refractivity contribution is -0.127. The van der Waals surface area contributed by atoms with Gasteiger partial charge in [-0.05, 0) is 44.9 Å². The molecule has 1 aliphatic heterocycles. The quantitative estimate of drug-likeness (QED) is 0.608. The number of hydrogen-bond donors (Lipinski definition) is 1. The number of nitrogens with one attached hydrogen (secondary N) is 1. The summed E-state index contributed by atoms with van der Waals surface area (Å²) in [5.41, 5.74) is 0. The summed E-state index contributed by atoms with van der Waals surface area (Å²) in [5.74, 6) is 1.38. The molecule has 4 unspecified atom stereocenters. The molecule has 1 saturated heterocycles. The SMILES string of the molecule is O=C1C2CCCCCCC(CC2)NC2CCCCCCCCC1C2. The summed E-state index contributed by atoms with van der Waals surface area (Å²) >= 11 is 0. The van der Waals surface area contributed by atoms with E-state index >= 15 is 0 Å². The van der Waals surface area contributed by atoms with Gasteiger partial charge in [-0.25, -0.2) is 0 Å². The molecule has 4 atom stereocenters. The Labute approximate surface area is 149 Å². The van der Waals surface area contributed by atoms with Crippen molar-refractivity contribution in [2.24, 2.45) is 11.8 Å². The van der Waals surface area contributed by atoms with Crippen molar-refractivity contribution in [3.05, 3.63) is 0 Å². The Balaban J connectivity index is 1.77. The average molecular weight is 334 g/mol. The normalized spacial score (nSPS) is 37.6. The van der Waals surface area contributed by atoms with Crippen molar-refractivity contribution in [2.45, 2.75) is 121 Å². The van der Waals surface area contributed by atoms with E-state index in [1.165, 1.54) is 89.9 Å². The summed E-state index contributed by atoms with van der Waals surface area (Å²) in [6.45, 7) is 0. The van der Waals surface area contributed by atoms with Gasteiger partial charge in [0.15, 0.2) is 0 Å². The maximum Gasteiger partial charge on any atom is 0.139 e. The third kappa shape index (κ3) is 5.58. The molecule has 2 nitrogen and oxygen atoms in total. The molecule has 0 aromatic heterocycles. The molecule has 0 amide bonds. The van der Waals surface area contributed by atoms with Crippen LogP contribution in [-0.2, 0) is 4.79 Å². The van der Waals surface area contributed by atoms with Crippen molar-refractivity contribution in [3.63, 3.8) is 0 Å². The number of carbonyl (C=O) groups is 1. The molecule has 2 aliphatic carbocycles. The lowest BCUT2D eigenvalue weighted by Crippen LogP contribution is -2.39. The van der Waals surface area contributed by atoms with Gasteiger partial charge in [0.2, 0.25) is 0 Å². The number of ketones is 1. The first-order valence-electron chi connectivity index (χ1n) is 11.1. The van der Waals surface area contributed by atoms with Crippen molar-refractivity contribution in [1.82, 2.24) is 5.32 Å². The lowest BCUT2D eigenvalue weighted by atomic mass is 9.80. The molecule has 2 heteroatoms. The first-order valence-corrected chi connectivity index (χ1v) is 11.1. The monoisotopic (exact) mass is 333 g/mol. The highest BCUT2D eigenvalue weighted by Crippen LogP contribution is 2.32. The summed E-state index contributed by atoms with van der Waals surface area (Å²) in [7, 11) is 0. The van der Waals surface area contributed by atoms with Crippen LogP contribution in [0.5, 0.6) is 0 Å². The van der Waals surface area contributed by atoms with Gasteiger partial charge in [0.25, 0.3) is 0 Å². The van der Waals surface area contributed by atoms with Crippen molar-refractivity contribution in [1.29, 1.82) is 0 Å². The van der Waals surface area contributed by atoms with Crippen molar-refractivity contribution in [2.75, 3.05) is 0 Å². The molecule has 4 bridgehead atoms. The number of fused-ring (bicyclic) bond motifs is 5. The Kier molecular flexibility index (Phi) is 7.63. The third-order valence-corrected chi connectivity index (χ3v) is 6.92. The fourth-order valence-electron chi connectivity index (χ4n) is 5.42. The zero-order chi connectivity index (χ0) is 16.6. The molecule has 0 aromatic rings. The lowest BCUT2D eigenvalue weighted by Gasteiger charge is -2.27. The second-order valence-corrected chi connectivity index (χ2v) is 8.86. The van der Waals surface area contributed by atoms with Gasteiger partial charge in [0.05, 0.1) is 0 Å². The highest BCUT2D eigenvalue weighted by Gasteiger charge is 2.32. The van der Waals surface area contributed by atoms with E-state index in [0.29, 0.717) is 29.7 Å². The molecule has 138 valence electrons. The first-order chi connectivity index (χ1) is 11.8. The Morgan fingerprint density at radius 1 is 0.542 bits per heavy atom. The maximum atomic E-state index is 13.3. The van der Waals surface area contributed by atoms with Crippen LogP contribution in [0, 0.1) is 11.8 Å². The van der Waals surface area contributed by atoms with Crippen LogP contribution in [0.4, 0.5) is 0 Å². The molecule has 24 heavy (non-hydrogen) atoms. The predicted molar refractivity (Wildman–Crippen MR) is 101 cm³/mol. The van der Waals surface area contributed by atoms with Crippen LogP contribution in [-0.4, -0.2) is 17.9 Å². The van der Waals surface area contributed by atoms with E-state index in [4.69, 9.17) is 0 Å². The molecule has 1 heterocycles. The Hall–Kier alpha value is -0.370. The van der Waals surface area contributed by atoms with Crippen LogP contribution in [0.25, 0.3) is 0 Å². The molecule has 1 N–H and O–H groups in total. The number of rotatable bonds is 0. The molecule has 0 aromatic carbocycles. The van der Waals surface area contributed by atoms with Crippen LogP contribution in [0.1, 0.15) is 109 Å². The summed E-state index contributed by atoms with van der Waals surface area (Å²) in [6.07, 6.45) is 22.0. The number of carbonyl (C=O) groups excluding carboxylic acids is 1. The molecule has 3 aliphatic rings. The second-order valence-electron chi connectivity index (χ2n) is 8.86. The van der Waals surface area contributed by atoms with Crippen molar-refractivity contribution >= 4 is 5.78 Å². The molecule has 2 saturated carbocycles. The third-order valence-electron chi connectivity index (χ3n) is 6.92. The summed E-state index contributed by atoms with van der Waals surface area (Å²) < 4.78 is 0. The maximum absolute atomic E-state index is 13.3. The summed E-state index contributed by atoms with van der Waals surface area (Å²) in [5, 5.41) is 4.04. The number of Topliss-reactive ketones (excluding diaryl/α,β-unsaturated/α-hetero) is 1. The Bertz CT molecular complexity index is 380. The van der Waals surface area contributed by atoms with E-state index in [1.54, 1.807) is 0 Å². The zero-order valence-electron chi connectivity index (χ0n) is 15.7. The Morgan fingerprint density at radius 2 is 1.08 bits per heavy atom. The largest absolute Gasteiger partial charge is 0.311 e. The molecule has 3 fully saturated rings. The van der Waals surface area contributed by atoms with Crippen LogP contribution in [0.2, 0.25) is 0 Å². The minimum atomic E-state index is 0.352. The highest BCUT2D eigenvalue weighted by molar-refractivity contribution is 5.83. The molecule has 3 rings (SSSR count). The standard InChI is InChI=1S/C22H39NO/c24-22-18-11-7-5-6-9-13-20(16-15-18)23-21-14-10-4-2-1-3-8-12-19(22)17-21/h18-21,23H,1-17H2. The molecular weight excluding hydrogens is 294 g/mol. The molecule has 0 radical (unpaired) electrons. The van der Waals surface area contributed by atoms with Gasteiger partial charge in [-0.3, -0.25) is 4.79 Å². The Morgan fingerprint density at radius 3 is 1.79 bits per heavy atom. The first kappa shape index (κ1) is 18.4. The fraction of sp³-hybridized carbons (Fsp3) is 0.955.